The van der Waals surface area contributed by atoms with Crippen molar-refractivity contribution in [1.29, 1.82) is 0 Å². The molecule has 548 valence electrons. The summed E-state index contributed by atoms with van der Waals surface area (Å²) < 4.78 is 268. The van der Waals surface area contributed by atoms with Crippen LogP contribution in [0.15, 0.2) is 146 Å². The zero-order valence-corrected chi connectivity index (χ0v) is 77.1. The molecule has 0 radical (unpaired) electrons. The van der Waals surface area contributed by atoms with Gasteiger partial charge in [0.05, 0.1) is 0 Å². The molecule has 6 aromatic rings. The van der Waals surface area contributed by atoms with Crippen LogP contribution in [0.2, 0.25) is 0 Å². The third-order valence-corrected chi connectivity index (χ3v) is 16.1. The predicted molar refractivity (Wildman–Crippen MR) is 327 cm³/mol. The van der Waals surface area contributed by atoms with Gasteiger partial charge in [-0.3, -0.25) is 24.0 Å². The van der Waals surface area contributed by atoms with E-state index in [0.717, 1.165) is 146 Å². The van der Waals surface area contributed by atoms with Gasteiger partial charge in [0.1, 0.15) is 70.7 Å². The van der Waals surface area contributed by atoms with Crippen LogP contribution in [-0.2, 0) is 140 Å². The Morgan fingerprint density at radius 2 is 0.398 bits per heavy atom. The molecule has 6 rings (SSSR count). The summed E-state index contributed by atoms with van der Waals surface area (Å²) >= 11 is 0. The van der Waals surface area contributed by atoms with Crippen molar-refractivity contribution in [1.82, 2.24) is 31.3 Å². The number of carbonyl (C=O) groups excluding carboxylic acids is 5. The van der Waals surface area contributed by atoms with Gasteiger partial charge in [-0.1, -0.05) is 72.8 Å². The fraction of sp³-hybridized carbons (Fsp3) is 0.222. The molecule has 0 heterocycles. The number of aliphatic carboxylic acids is 1. The van der Waals surface area contributed by atoms with Crippen LogP contribution < -0.4 is 263 Å². The first kappa shape index (κ1) is 107. The average molecular weight is 1710 g/mol. The maximum absolute atomic E-state index is 15.1. The van der Waals surface area contributed by atoms with Gasteiger partial charge >= 0.3 is 213 Å². The van der Waals surface area contributed by atoms with E-state index in [1.807, 2.05) is 0 Å². The van der Waals surface area contributed by atoms with Crippen molar-refractivity contribution in [3.63, 3.8) is 0 Å². The molecular weight excluding hydrogens is 1660 g/mol. The largest absolute Gasteiger partial charge is 1.00 e. The molecule has 40 nitrogen and oxygen atoms in total. The Labute approximate surface area is 773 Å². The molecule has 6 atom stereocenters. The molecule has 0 fully saturated rings. The predicted octanol–water partition coefficient (Wildman–Crippen LogP) is -24.6. The summed E-state index contributed by atoms with van der Waals surface area (Å²) in [7, 11) is -37.8. The zero-order valence-electron chi connectivity index (χ0n) is 57.3. The Kier molecular flexibility index (Phi) is 47.0. The number of nitrogens with one attached hydrogen (secondary N) is 6. The smallest absolute Gasteiger partial charge is 0.735 e. The van der Waals surface area contributed by atoms with Crippen molar-refractivity contribution in [3.05, 3.63) is 179 Å². The summed E-state index contributed by atoms with van der Waals surface area (Å²) in [5.41, 5.74) is -0.210. The number of hydrogen-bond donors (Lipinski definition) is 7. The average Bonchev–Trinajstić information content (AvgIpc) is 0.830. The summed E-state index contributed by atoms with van der Waals surface area (Å²) in [6.07, 6.45) is -4.42. The fourth-order valence-electron chi connectivity index (χ4n) is 8.97. The Hall–Kier alpha value is -2.73. The van der Waals surface area contributed by atoms with E-state index in [9.17, 15) is 120 Å². The molecule has 7 N–H and O–H groups in total. The van der Waals surface area contributed by atoms with E-state index in [1.54, 1.807) is 0 Å². The van der Waals surface area contributed by atoms with Crippen molar-refractivity contribution in [2.75, 3.05) is 0 Å². The molecule has 0 bridgehead atoms. The van der Waals surface area contributed by atoms with Gasteiger partial charge in [-0.2, -0.15) is 0 Å². The van der Waals surface area contributed by atoms with Crippen molar-refractivity contribution >= 4 is 108 Å². The summed E-state index contributed by atoms with van der Waals surface area (Å²) in [6.45, 7) is 0. The molecular formula is C54H49N6Na7O34S7. The van der Waals surface area contributed by atoms with Gasteiger partial charge in [-0.15, -0.1) is 0 Å². The fourth-order valence-corrected chi connectivity index (χ4v) is 11.6. The Morgan fingerprint density at radius 3 is 0.546 bits per heavy atom. The quantitative estimate of drug-likeness (QED) is 0.0108. The minimum Gasteiger partial charge on any atom is -0.735 e. The first-order chi connectivity index (χ1) is 46.7. The van der Waals surface area contributed by atoms with Crippen LogP contribution in [0, 0.1) is 0 Å². The number of carboxylic acid groups (broad SMARTS) is 1. The molecule has 0 aliphatic rings. The second kappa shape index (κ2) is 47.3. The summed E-state index contributed by atoms with van der Waals surface area (Å²) in [5, 5.41) is 21.7. The number of amides is 5. The maximum atomic E-state index is 15.1. The Morgan fingerprint density at radius 1 is 0.259 bits per heavy atom. The van der Waals surface area contributed by atoms with Crippen molar-refractivity contribution in [2.45, 2.75) is 74.8 Å². The molecule has 0 saturated heterocycles. The van der Waals surface area contributed by atoms with Crippen molar-refractivity contribution in [3.8, 4) is 34.5 Å². The standard InChI is InChI=1S/C54H56N6O34S7.7Na/c61-49(55-44(26-32-3-15-38(16-4-32)90-97(74,75)76)50(62)57-46(28-34-7-19-40(20-8-34)92-99(80,81)82)52(64)59-48(54(66)67)30-36-11-23-42(24-12-36)94-101(86,87)88)43(25-31-1-13-37(14-2-31)89-96(71,72)73)56-51(63)45(27-33-5-17-39(18-6-33)91-98(77,78)79)58-53(65)47(60-95(68,69)70)29-35-9-21-41(22-10-35)93-100(83,84)85;;;;;;;/h1-24,43-48,60H,25-30H2,(H,55,61)(H,56,63)(H,57,62)(H,58,65)(H,59,64)(H,66,67)(H,68,69,70)(H,71,72,73)(H,74,75,76)(H,77,78,79)(H,80,81,82)(H,83,84,85)(H,86,87,88);;;;;;;/q;7*+1/p-7/t43-,44-,45-,46-,47-,48-;;;;;;;/m0......./s1. The van der Waals surface area contributed by atoms with Crippen LogP contribution >= 0.6 is 0 Å². The second-order valence-corrected chi connectivity index (χ2v) is 27.8. The first-order valence-electron chi connectivity index (χ1n) is 27.6. The van der Waals surface area contributed by atoms with Gasteiger partial charge in [0.25, 0.3) is 62.4 Å². The molecule has 0 aromatic heterocycles. The van der Waals surface area contributed by atoms with Crippen molar-refractivity contribution < 1.29 is 357 Å². The van der Waals surface area contributed by atoms with E-state index in [0.29, 0.717) is 0 Å². The van der Waals surface area contributed by atoms with Gasteiger partial charge in [0.15, 0.2) is 10.3 Å². The second-order valence-electron chi connectivity index (χ2n) is 20.8. The maximum Gasteiger partial charge on any atom is 1.00 e. The molecule has 0 unspecified atom stereocenters. The van der Waals surface area contributed by atoms with Gasteiger partial charge in [0, 0.05) is 32.1 Å². The molecule has 0 saturated carbocycles. The molecule has 0 aliphatic heterocycles. The summed E-state index contributed by atoms with van der Waals surface area (Å²) in [5.74, 6) is -12.2. The van der Waals surface area contributed by atoms with Crippen LogP contribution in [0.25, 0.3) is 0 Å². The number of carbonyl (C=O) groups is 6. The van der Waals surface area contributed by atoms with Crippen LogP contribution in [0.3, 0.4) is 0 Å². The van der Waals surface area contributed by atoms with Crippen LogP contribution in [0.4, 0.5) is 0 Å². The van der Waals surface area contributed by atoms with Crippen LogP contribution in [0.1, 0.15) is 33.4 Å². The van der Waals surface area contributed by atoms with E-state index in [1.165, 1.54) is 4.72 Å². The topological polar surface area (TPSA) is 651 Å². The summed E-state index contributed by atoms with van der Waals surface area (Å²) in [6, 6.07) is 11.2. The minimum absolute atomic E-state index is 0. The third kappa shape index (κ3) is 42.1. The molecule has 5 amide bonds. The van der Waals surface area contributed by atoms with Crippen LogP contribution in [0.5, 0.6) is 34.5 Å². The van der Waals surface area contributed by atoms with E-state index in [-0.39, 0.29) is 240 Å². The monoisotopic (exact) mass is 1710 g/mol. The number of rotatable bonds is 37. The first-order valence-corrected chi connectivity index (χ1v) is 37.0. The molecule has 0 spiro atoms. The Bertz CT molecular complexity index is 4870. The van der Waals surface area contributed by atoms with Gasteiger partial charge in [-0.25, -0.2) is 68.4 Å². The van der Waals surface area contributed by atoms with E-state index >= 15 is 4.79 Å². The van der Waals surface area contributed by atoms with E-state index < -0.39 is 217 Å². The van der Waals surface area contributed by atoms with Gasteiger partial charge in [0.2, 0.25) is 29.5 Å². The van der Waals surface area contributed by atoms with E-state index in [2.05, 4.69) is 51.7 Å². The third-order valence-electron chi connectivity index (χ3n) is 13.1. The van der Waals surface area contributed by atoms with Crippen molar-refractivity contribution in [2.24, 2.45) is 0 Å². The van der Waals surface area contributed by atoms with Gasteiger partial charge in [-0.05, 0) is 113 Å². The molecule has 0 aliphatic carbocycles. The molecule has 108 heavy (non-hydrogen) atoms. The Balaban J connectivity index is 0. The van der Waals surface area contributed by atoms with Crippen LogP contribution in [-0.4, -0.2) is 168 Å². The number of carboxylic acids is 1. The summed E-state index contributed by atoms with van der Waals surface area (Å²) in [4.78, 5) is 86.4. The zero-order chi connectivity index (χ0) is 75.1. The SMILES string of the molecule is O=C(O)[C@H](Cc1ccc(OS(=O)(=O)[O-])cc1)NC(=O)[C@H](Cc1ccc(OS(=O)(=O)[O-])cc1)NC(=O)[C@H](Cc1ccc(OS(=O)(=O)[O-])cc1)NC(=O)[C@H](Cc1ccc(OS(=O)(=O)[O-])cc1)NC(=O)[C@H](Cc1ccc(OS(=O)(=O)[O-])cc1)NC(=O)[C@H](Cc1ccc(OS(=O)(=O)[O-])cc1)NS(=O)(=O)[O-].[Na+].[Na+].[Na+].[Na+].[Na+].[Na+].[Na+]. The number of benzene rings is 6. The van der Waals surface area contributed by atoms with Gasteiger partial charge < -0.3 is 88.7 Å². The van der Waals surface area contributed by atoms with E-state index in [4.69, 9.17) is 0 Å². The minimum atomic E-state index is -5.63. The number of hydrogen-bond acceptors (Lipinski definition) is 33. The molecule has 54 heteroatoms. The molecule has 6 aromatic carbocycles. The normalized spacial score (nSPS) is 13.1.